The molecular formula is C13H19N3. The van der Waals surface area contributed by atoms with E-state index in [4.69, 9.17) is 5.84 Å². The molecule has 0 saturated heterocycles. The van der Waals surface area contributed by atoms with Crippen LogP contribution in [0.3, 0.4) is 0 Å². The highest BCUT2D eigenvalue weighted by Crippen LogP contribution is 2.27. The van der Waals surface area contributed by atoms with Gasteiger partial charge in [0, 0.05) is 5.92 Å². The number of nitrogens with one attached hydrogen (secondary N) is 1. The lowest BCUT2D eigenvalue weighted by Gasteiger charge is -2.17. The van der Waals surface area contributed by atoms with E-state index in [2.05, 4.69) is 41.6 Å². The third-order valence-corrected chi connectivity index (χ3v) is 2.96. The topological polar surface area (TPSA) is 50.4 Å². The highest BCUT2D eigenvalue weighted by Gasteiger charge is 2.23. The van der Waals surface area contributed by atoms with Crippen molar-refractivity contribution in [2.75, 3.05) is 0 Å². The summed E-state index contributed by atoms with van der Waals surface area (Å²) in [7, 11) is 0. The first-order valence-electron chi connectivity index (χ1n) is 5.94. The van der Waals surface area contributed by atoms with Crippen LogP contribution in [0.4, 0.5) is 0 Å². The Hall–Kier alpha value is -1.35. The van der Waals surface area contributed by atoms with Crippen molar-refractivity contribution in [1.29, 1.82) is 0 Å². The fourth-order valence-corrected chi connectivity index (χ4v) is 1.90. The smallest absolute Gasteiger partial charge is 0.118 e. The zero-order chi connectivity index (χ0) is 11.4. The predicted molar refractivity (Wildman–Crippen MR) is 67.3 cm³/mol. The van der Waals surface area contributed by atoms with E-state index in [0.717, 1.165) is 12.3 Å². The van der Waals surface area contributed by atoms with Gasteiger partial charge in [-0.2, -0.15) is 0 Å². The summed E-state index contributed by atoms with van der Waals surface area (Å²) in [5.74, 6) is 6.81. The molecule has 1 aromatic carbocycles. The molecule has 0 spiro atoms. The summed E-state index contributed by atoms with van der Waals surface area (Å²) >= 11 is 0. The SMILES string of the molecule is CCC(C(=NC1CC1)NN)c1ccccc1. The first kappa shape index (κ1) is 11.1. The van der Waals surface area contributed by atoms with E-state index in [0.29, 0.717) is 12.0 Å². The molecule has 1 unspecified atom stereocenters. The van der Waals surface area contributed by atoms with Crippen LogP contribution in [0.25, 0.3) is 0 Å². The Labute approximate surface area is 96.7 Å². The molecule has 1 saturated carbocycles. The Bertz CT molecular complexity index is 355. The fraction of sp³-hybridized carbons (Fsp3) is 0.462. The summed E-state index contributed by atoms with van der Waals surface area (Å²) in [6.45, 7) is 2.16. The van der Waals surface area contributed by atoms with E-state index in [9.17, 15) is 0 Å². The van der Waals surface area contributed by atoms with E-state index in [1.54, 1.807) is 0 Å². The van der Waals surface area contributed by atoms with Gasteiger partial charge in [0.2, 0.25) is 0 Å². The van der Waals surface area contributed by atoms with Crippen molar-refractivity contribution in [3.8, 4) is 0 Å². The molecule has 2 rings (SSSR count). The minimum absolute atomic E-state index is 0.298. The summed E-state index contributed by atoms with van der Waals surface area (Å²) in [6, 6.07) is 10.9. The maximum Gasteiger partial charge on any atom is 0.118 e. The number of hydrazine groups is 1. The van der Waals surface area contributed by atoms with Crippen molar-refractivity contribution in [2.45, 2.75) is 38.1 Å². The molecule has 1 aromatic rings. The molecule has 86 valence electrons. The molecule has 0 aliphatic heterocycles. The van der Waals surface area contributed by atoms with Gasteiger partial charge in [-0.05, 0) is 24.8 Å². The normalized spacial score (nSPS) is 18.2. The molecule has 0 bridgehead atoms. The molecule has 3 nitrogen and oxygen atoms in total. The average molecular weight is 217 g/mol. The monoisotopic (exact) mass is 217 g/mol. The van der Waals surface area contributed by atoms with Crippen molar-refractivity contribution >= 4 is 5.84 Å². The third kappa shape index (κ3) is 2.61. The molecule has 0 aromatic heterocycles. The van der Waals surface area contributed by atoms with E-state index in [1.165, 1.54) is 18.4 Å². The van der Waals surface area contributed by atoms with Crippen LogP contribution in [-0.4, -0.2) is 11.9 Å². The van der Waals surface area contributed by atoms with Crippen LogP contribution in [0.15, 0.2) is 35.3 Å². The van der Waals surface area contributed by atoms with Crippen LogP contribution in [0, 0.1) is 0 Å². The summed E-state index contributed by atoms with van der Waals surface area (Å²) < 4.78 is 0. The third-order valence-electron chi connectivity index (χ3n) is 2.96. The Morgan fingerprint density at radius 3 is 2.62 bits per heavy atom. The van der Waals surface area contributed by atoms with Crippen LogP contribution in [0.1, 0.15) is 37.7 Å². The summed E-state index contributed by atoms with van der Waals surface area (Å²) in [5, 5.41) is 0. The lowest BCUT2D eigenvalue weighted by Crippen LogP contribution is -2.35. The molecular weight excluding hydrogens is 198 g/mol. The van der Waals surface area contributed by atoms with Gasteiger partial charge in [0.15, 0.2) is 0 Å². The minimum atomic E-state index is 0.298. The van der Waals surface area contributed by atoms with Crippen LogP contribution >= 0.6 is 0 Å². The maximum absolute atomic E-state index is 5.58. The number of rotatable bonds is 4. The Morgan fingerprint density at radius 1 is 1.44 bits per heavy atom. The molecule has 3 heteroatoms. The first-order chi connectivity index (χ1) is 7.85. The van der Waals surface area contributed by atoms with Crippen LogP contribution < -0.4 is 11.3 Å². The summed E-state index contributed by atoms with van der Waals surface area (Å²) in [5.41, 5.74) is 4.05. The van der Waals surface area contributed by atoms with Gasteiger partial charge in [0.1, 0.15) is 5.84 Å². The van der Waals surface area contributed by atoms with E-state index < -0.39 is 0 Å². The quantitative estimate of drug-likeness (QED) is 0.351. The Balaban J connectivity index is 2.20. The van der Waals surface area contributed by atoms with Gasteiger partial charge < -0.3 is 5.43 Å². The van der Waals surface area contributed by atoms with E-state index in [-0.39, 0.29) is 0 Å². The maximum atomic E-state index is 5.58. The van der Waals surface area contributed by atoms with Gasteiger partial charge in [0.25, 0.3) is 0 Å². The summed E-state index contributed by atoms with van der Waals surface area (Å²) in [6.07, 6.45) is 3.42. The number of hydrogen-bond donors (Lipinski definition) is 2. The standard InChI is InChI=1S/C13H19N3/c1-2-12(10-6-4-3-5-7-10)13(16-14)15-11-8-9-11/h3-7,11-12H,2,8-9,14H2,1H3,(H,15,16). The molecule has 0 radical (unpaired) electrons. The van der Waals surface area contributed by atoms with E-state index >= 15 is 0 Å². The lowest BCUT2D eigenvalue weighted by molar-refractivity contribution is 0.784. The van der Waals surface area contributed by atoms with Gasteiger partial charge in [-0.15, -0.1) is 0 Å². The van der Waals surface area contributed by atoms with Crippen molar-refractivity contribution < 1.29 is 0 Å². The number of nitrogens with zero attached hydrogens (tertiary/aromatic N) is 1. The lowest BCUT2D eigenvalue weighted by atomic mass is 9.95. The Morgan fingerprint density at radius 2 is 2.12 bits per heavy atom. The predicted octanol–water partition coefficient (Wildman–Crippen LogP) is 2.20. The van der Waals surface area contributed by atoms with Gasteiger partial charge in [-0.3, -0.25) is 4.99 Å². The molecule has 1 aliphatic carbocycles. The Kier molecular flexibility index (Phi) is 3.57. The van der Waals surface area contributed by atoms with Crippen molar-refractivity contribution in [3.63, 3.8) is 0 Å². The van der Waals surface area contributed by atoms with Crippen molar-refractivity contribution in [1.82, 2.24) is 5.43 Å². The average Bonchev–Trinajstić information content (AvgIpc) is 3.14. The first-order valence-corrected chi connectivity index (χ1v) is 5.94. The van der Waals surface area contributed by atoms with Gasteiger partial charge in [0.05, 0.1) is 6.04 Å². The second-order valence-corrected chi connectivity index (χ2v) is 4.26. The molecule has 0 amide bonds. The fourth-order valence-electron chi connectivity index (χ4n) is 1.90. The number of amidine groups is 1. The van der Waals surface area contributed by atoms with E-state index in [1.807, 2.05) is 6.07 Å². The van der Waals surface area contributed by atoms with Gasteiger partial charge >= 0.3 is 0 Å². The van der Waals surface area contributed by atoms with Crippen molar-refractivity contribution in [3.05, 3.63) is 35.9 Å². The second kappa shape index (κ2) is 5.12. The minimum Gasteiger partial charge on any atom is -0.312 e. The highest BCUT2D eigenvalue weighted by atomic mass is 15.3. The van der Waals surface area contributed by atoms with Crippen LogP contribution in [-0.2, 0) is 0 Å². The number of hydrogen-bond acceptors (Lipinski definition) is 2. The van der Waals surface area contributed by atoms with Crippen molar-refractivity contribution in [2.24, 2.45) is 10.8 Å². The number of nitrogens with two attached hydrogens (primary N) is 1. The van der Waals surface area contributed by atoms with Gasteiger partial charge in [-0.25, -0.2) is 5.84 Å². The second-order valence-electron chi connectivity index (χ2n) is 4.26. The van der Waals surface area contributed by atoms with Gasteiger partial charge in [-0.1, -0.05) is 37.3 Å². The zero-order valence-electron chi connectivity index (χ0n) is 9.69. The number of benzene rings is 1. The molecule has 0 heterocycles. The molecule has 16 heavy (non-hydrogen) atoms. The largest absolute Gasteiger partial charge is 0.312 e. The summed E-state index contributed by atoms with van der Waals surface area (Å²) in [4.78, 5) is 4.63. The van der Waals surface area contributed by atoms with Crippen LogP contribution in [0.5, 0.6) is 0 Å². The molecule has 1 atom stereocenters. The van der Waals surface area contributed by atoms with Crippen LogP contribution in [0.2, 0.25) is 0 Å². The molecule has 3 N–H and O–H groups in total. The molecule has 1 aliphatic rings. The zero-order valence-corrected chi connectivity index (χ0v) is 9.69. The highest BCUT2D eigenvalue weighted by molar-refractivity contribution is 5.88. The number of aliphatic imine (C=N–C) groups is 1. The molecule has 1 fully saturated rings.